The largest absolute Gasteiger partial charge is 0.493 e. The van der Waals surface area contributed by atoms with Gasteiger partial charge in [-0.25, -0.2) is 4.68 Å². The number of nitrogens with one attached hydrogen (secondary N) is 1. The molecule has 1 unspecified atom stereocenters. The first-order valence-corrected chi connectivity index (χ1v) is 14.9. The second-order valence-corrected chi connectivity index (χ2v) is 11.8. The Morgan fingerprint density at radius 3 is 2.34 bits per heavy atom. The summed E-state index contributed by atoms with van der Waals surface area (Å²) in [6.45, 7) is 1.02. The topological polar surface area (TPSA) is 152 Å². The van der Waals surface area contributed by atoms with Crippen LogP contribution in [-0.2, 0) is 35.2 Å². The van der Waals surface area contributed by atoms with E-state index < -0.39 is 38.9 Å². The third-order valence-corrected chi connectivity index (χ3v) is 6.25. The van der Waals surface area contributed by atoms with E-state index in [1.165, 1.54) is 37.0 Å². The minimum atomic E-state index is -3.79. The van der Waals surface area contributed by atoms with E-state index in [0.29, 0.717) is 22.1 Å². The van der Waals surface area contributed by atoms with E-state index in [1.54, 1.807) is 30.3 Å². The van der Waals surface area contributed by atoms with Crippen molar-refractivity contribution in [1.82, 2.24) is 9.78 Å². The Morgan fingerprint density at radius 1 is 1.05 bits per heavy atom. The normalized spacial score (nSPS) is 12.7. The molecule has 3 aromatic rings. The number of nitrogens with zero attached hydrogens (tertiary/aromatic N) is 2. The predicted octanol–water partition coefficient (Wildman–Crippen LogP) is 3.01. The Bertz CT molecular complexity index is 1510. The number of anilines is 1. The molecule has 1 N–H and O–H groups in total. The molecule has 0 bridgehead atoms. The lowest BCUT2D eigenvalue weighted by molar-refractivity contribution is 0.102. The Morgan fingerprint density at radius 2 is 1.74 bits per heavy atom. The number of ether oxygens (including phenoxy) is 2. The fourth-order valence-corrected chi connectivity index (χ4v) is 4.30. The Hall–Kier alpha value is -3.17. The highest BCUT2D eigenvalue weighted by Gasteiger charge is 2.20. The molecular formula is C23H26ClN3O9S2. The molecule has 0 aliphatic rings. The van der Waals surface area contributed by atoms with Crippen molar-refractivity contribution in [2.45, 2.75) is 19.6 Å². The molecule has 0 spiro atoms. The maximum atomic E-state index is 13.2. The SMILES string of the molecule is COc1cc(NC(=O)c2cn(-c3ccc(Cl)cc3)nc2COS(C)(=O)=O)ccc1OCC(C)OS(C)(=O)=O. The maximum absolute atomic E-state index is 13.2. The van der Waals surface area contributed by atoms with Gasteiger partial charge >= 0.3 is 0 Å². The van der Waals surface area contributed by atoms with E-state index in [-0.39, 0.29) is 23.6 Å². The molecule has 0 saturated carbocycles. The molecule has 1 amide bonds. The average molecular weight is 588 g/mol. The average Bonchev–Trinajstić information content (AvgIpc) is 3.25. The highest BCUT2D eigenvalue weighted by Crippen LogP contribution is 2.31. The molecule has 0 radical (unpaired) electrons. The van der Waals surface area contributed by atoms with Gasteiger partial charge in [0, 0.05) is 23.0 Å². The summed E-state index contributed by atoms with van der Waals surface area (Å²) < 4.78 is 67.6. The third-order valence-electron chi connectivity index (χ3n) is 4.77. The van der Waals surface area contributed by atoms with Crippen LogP contribution in [0.3, 0.4) is 0 Å². The minimum absolute atomic E-state index is 0.0668. The summed E-state index contributed by atoms with van der Waals surface area (Å²) in [5, 5.41) is 7.54. The van der Waals surface area contributed by atoms with Crippen LogP contribution in [0, 0.1) is 0 Å². The Kier molecular flexibility index (Phi) is 9.38. The molecule has 0 aliphatic carbocycles. The first-order valence-electron chi connectivity index (χ1n) is 10.9. The number of amides is 1. The number of carbonyl (C=O) groups is 1. The van der Waals surface area contributed by atoms with E-state index in [0.717, 1.165) is 12.5 Å². The van der Waals surface area contributed by atoms with Crippen LogP contribution in [0.2, 0.25) is 5.02 Å². The number of aromatic nitrogens is 2. The van der Waals surface area contributed by atoms with E-state index in [2.05, 4.69) is 10.4 Å². The van der Waals surface area contributed by atoms with Gasteiger partial charge in [0.25, 0.3) is 26.1 Å². The van der Waals surface area contributed by atoms with Gasteiger partial charge < -0.3 is 14.8 Å². The monoisotopic (exact) mass is 587 g/mol. The lowest BCUT2D eigenvalue weighted by Gasteiger charge is -2.15. The number of benzene rings is 2. The molecule has 38 heavy (non-hydrogen) atoms. The first-order chi connectivity index (χ1) is 17.7. The van der Waals surface area contributed by atoms with Crippen LogP contribution >= 0.6 is 11.6 Å². The Labute approximate surface area is 225 Å². The van der Waals surface area contributed by atoms with Crippen LogP contribution in [-0.4, -0.2) is 64.9 Å². The van der Waals surface area contributed by atoms with Crippen molar-refractivity contribution in [2.24, 2.45) is 0 Å². The van der Waals surface area contributed by atoms with Crippen LogP contribution in [0.5, 0.6) is 11.5 Å². The van der Waals surface area contributed by atoms with Crippen LogP contribution in [0.15, 0.2) is 48.7 Å². The molecular weight excluding hydrogens is 562 g/mol. The zero-order valence-corrected chi connectivity index (χ0v) is 23.3. The predicted molar refractivity (Wildman–Crippen MR) is 140 cm³/mol. The summed E-state index contributed by atoms with van der Waals surface area (Å²) in [6, 6.07) is 11.3. The van der Waals surface area contributed by atoms with Crippen LogP contribution in [0.1, 0.15) is 23.0 Å². The molecule has 12 nitrogen and oxygen atoms in total. The summed E-state index contributed by atoms with van der Waals surface area (Å²) in [5.74, 6) is -0.0118. The molecule has 0 fully saturated rings. The zero-order chi connectivity index (χ0) is 28.1. The van der Waals surface area contributed by atoms with Crippen LogP contribution in [0.4, 0.5) is 5.69 Å². The van der Waals surface area contributed by atoms with E-state index >= 15 is 0 Å². The first kappa shape index (κ1) is 29.4. The van der Waals surface area contributed by atoms with Crippen molar-refractivity contribution in [1.29, 1.82) is 0 Å². The second-order valence-electron chi connectivity index (χ2n) is 8.12. The highest BCUT2D eigenvalue weighted by molar-refractivity contribution is 7.86. The molecule has 0 saturated heterocycles. The smallest absolute Gasteiger partial charge is 0.264 e. The molecule has 2 aromatic carbocycles. The molecule has 1 atom stereocenters. The summed E-state index contributed by atoms with van der Waals surface area (Å²) in [5.41, 5.74) is 1.10. The molecule has 0 aliphatic heterocycles. The lowest BCUT2D eigenvalue weighted by Crippen LogP contribution is -2.21. The fourth-order valence-electron chi connectivity index (χ4n) is 3.19. The summed E-state index contributed by atoms with van der Waals surface area (Å²) in [7, 11) is -6.03. The van der Waals surface area contributed by atoms with E-state index in [9.17, 15) is 21.6 Å². The molecule has 1 heterocycles. The molecule has 15 heteroatoms. The van der Waals surface area contributed by atoms with E-state index in [1.807, 2.05) is 0 Å². The third kappa shape index (κ3) is 8.70. The van der Waals surface area contributed by atoms with Gasteiger partial charge in [0.1, 0.15) is 25.0 Å². The molecule has 3 rings (SSSR count). The lowest BCUT2D eigenvalue weighted by atomic mass is 10.2. The van der Waals surface area contributed by atoms with Crippen molar-refractivity contribution >= 4 is 43.4 Å². The second kappa shape index (κ2) is 12.1. The molecule has 206 valence electrons. The van der Waals surface area contributed by atoms with Gasteiger partial charge in [-0.15, -0.1) is 0 Å². The number of halogens is 1. The van der Waals surface area contributed by atoms with E-state index in [4.69, 9.17) is 29.4 Å². The summed E-state index contributed by atoms with van der Waals surface area (Å²) >= 11 is 5.94. The fraction of sp³-hybridized carbons (Fsp3) is 0.304. The number of methoxy groups -OCH3 is 1. The van der Waals surface area contributed by atoms with Gasteiger partial charge in [-0.05, 0) is 43.3 Å². The van der Waals surface area contributed by atoms with Crippen LogP contribution < -0.4 is 14.8 Å². The molecule has 1 aromatic heterocycles. The van der Waals surface area contributed by atoms with Crippen LogP contribution in [0.25, 0.3) is 5.69 Å². The van der Waals surface area contributed by atoms with Crippen molar-refractivity contribution in [3.63, 3.8) is 0 Å². The number of carbonyl (C=O) groups excluding carboxylic acids is 1. The number of hydrogen-bond acceptors (Lipinski definition) is 10. The van der Waals surface area contributed by atoms with Crippen molar-refractivity contribution in [2.75, 3.05) is 31.5 Å². The standard InChI is InChI=1S/C23H26ClN3O9S2/c1-15(36-38(4,31)32)13-34-21-10-7-17(11-22(21)33-2)25-23(28)19-12-27(18-8-5-16(24)6-9-18)26-20(19)14-35-37(3,29)30/h5-12,15H,13-14H2,1-4H3,(H,25,28). The van der Waals surface area contributed by atoms with Crippen molar-refractivity contribution < 1.29 is 39.5 Å². The van der Waals surface area contributed by atoms with Gasteiger partial charge in [0.2, 0.25) is 0 Å². The van der Waals surface area contributed by atoms with Gasteiger partial charge in [0.05, 0.1) is 30.9 Å². The maximum Gasteiger partial charge on any atom is 0.264 e. The highest BCUT2D eigenvalue weighted by atomic mass is 35.5. The Balaban J connectivity index is 1.81. The zero-order valence-electron chi connectivity index (χ0n) is 20.9. The van der Waals surface area contributed by atoms with Gasteiger partial charge in [-0.3, -0.25) is 13.2 Å². The van der Waals surface area contributed by atoms with Crippen molar-refractivity contribution in [3.8, 4) is 17.2 Å². The van der Waals surface area contributed by atoms with Gasteiger partial charge in [0.15, 0.2) is 11.5 Å². The van der Waals surface area contributed by atoms with Gasteiger partial charge in [-0.1, -0.05) is 11.6 Å². The number of rotatable bonds is 12. The summed E-state index contributed by atoms with van der Waals surface area (Å²) in [6.07, 6.45) is 2.54. The number of hydrogen-bond donors (Lipinski definition) is 1. The van der Waals surface area contributed by atoms with Gasteiger partial charge in [-0.2, -0.15) is 21.9 Å². The summed E-state index contributed by atoms with van der Waals surface area (Å²) in [4.78, 5) is 13.2. The quantitative estimate of drug-likeness (QED) is 0.313. The van der Waals surface area contributed by atoms with Crippen molar-refractivity contribution in [3.05, 3.63) is 64.9 Å². The minimum Gasteiger partial charge on any atom is -0.493 e.